The average molecular weight is 292 g/mol. The van der Waals surface area contributed by atoms with Gasteiger partial charge in [0.1, 0.15) is 10.7 Å². The Morgan fingerprint density at radius 2 is 1.90 bits per heavy atom. The predicted molar refractivity (Wildman–Crippen MR) is 87.9 cm³/mol. The fourth-order valence-electron chi connectivity index (χ4n) is 2.63. The van der Waals surface area contributed by atoms with Crippen molar-refractivity contribution in [2.45, 2.75) is 6.92 Å². The number of aromatic nitrogens is 2. The van der Waals surface area contributed by atoms with Crippen molar-refractivity contribution in [2.24, 2.45) is 0 Å². The van der Waals surface area contributed by atoms with E-state index in [9.17, 15) is 4.79 Å². The van der Waals surface area contributed by atoms with Crippen LogP contribution in [0.4, 0.5) is 0 Å². The smallest absolute Gasteiger partial charge is 0.260 e. The highest BCUT2D eigenvalue weighted by Crippen LogP contribution is 2.32. The van der Waals surface area contributed by atoms with Crippen molar-refractivity contribution in [3.05, 3.63) is 64.0 Å². The molecule has 0 fully saturated rings. The summed E-state index contributed by atoms with van der Waals surface area (Å²) < 4.78 is 0. The van der Waals surface area contributed by atoms with E-state index < -0.39 is 0 Å². The molecule has 102 valence electrons. The van der Waals surface area contributed by atoms with Crippen LogP contribution < -0.4 is 5.56 Å². The summed E-state index contributed by atoms with van der Waals surface area (Å²) in [7, 11) is 0. The van der Waals surface area contributed by atoms with Crippen LogP contribution in [-0.4, -0.2) is 9.97 Å². The van der Waals surface area contributed by atoms with Gasteiger partial charge < -0.3 is 4.98 Å². The Balaban J connectivity index is 2.02. The predicted octanol–water partition coefficient (Wildman–Crippen LogP) is 4.11. The maximum Gasteiger partial charge on any atom is 0.260 e. The highest BCUT2D eigenvalue weighted by Gasteiger charge is 2.12. The van der Waals surface area contributed by atoms with E-state index in [1.165, 1.54) is 22.1 Å². The van der Waals surface area contributed by atoms with E-state index in [-0.39, 0.29) is 5.56 Å². The standard InChI is InChI=1S/C17H12N2OS/c1-10-18-16(20)15-14(9-21-17(15)19-10)13-7-6-11-4-2-3-5-12(11)8-13/h2-9H,1H3,(H,18,19,20). The van der Waals surface area contributed by atoms with E-state index in [0.29, 0.717) is 11.2 Å². The fraction of sp³-hybridized carbons (Fsp3) is 0.0588. The lowest BCUT2D eigenvalue weighted by molar-refractivity contribution is 1.07. The number of hydrogen-bond acceptors (Lipinski definition) is 3. The van der Waals surface area contributed by atoms with Gasteiger partial charge >= 0.3 is 0 Å². The molecule has 0 aliphatic carbocycles. The van der Waals surface area contributed by atoms with Gasteiger partial charge in [-0.2, -0.15) is 0 Å². The molecule has 0 spiro atoms. The Bertz CT molecular complexity index is 1030. The van der Waals surface area contributed by atoms with Crippen LogP contribution in [0.3, 0.4) is 0 Å². The third-order valence-corrected chi connectivity index (χ3v) is 4.50. The van der Waals surface area contributed by atoms with Gasteiger partial charge in [0.05, 0.1) is 5.39 Å². The van der Waals surface area contributed by atoms with Gasteiger partial charge in [0, 0.05) is 10.9 Å². The second kappa shape index (κ2) is 4.53. The fourth-order valence-corrected chi connectivity index (χ4v) is 3.62. The van der Waals surface area contributed by atoms with E-state index in [4.69, 9.17) is 0 Å². The summed E-state index contributed by atoms with van der Waals surface area (Å²) in [5.74, 6) is 0.652. The van der Waals surface area contributed by atoms with Crippen molar-refractivity contribution in [3.8, 4) is 11.1 Å². The topological polar surface area (TPSA) is 45.8 Å². The zero-order chi connectivity index (χ0) is 14.4. The van der Waals surface area contributed by atoms with Gasteiger partial charge in [0.25, 0.3) is 5.56 Å². The molecule has 4 rings (SSSR count). The van der Waals surface area contributed by atoms with Crippen LogP contribution in [0.1, 0.15) is 5.82 Å². The number of H-pyrrole nitrogens is 1. The molecule has 0 bridgehead atoms. The maximum absolute atomic E-state index is 12.2. The van der Waals surface area contributed by atoms with Gasteiger partial charge in [0.15, 0.2) is 0 Å². The van der Waals surface area contributed by atoms with Crippen LogP contribution in [0, 0.1) is 6.92 Å². The summed E-state index contributed by atoms with van der Waals surface area (Å²) in [5.41, 5.74) is 1.94. The van der Waals surface area contributed by atoms with Crippen LogP contribution in [-0.2, 0) is 0 Å². The summed E-state index contributed by atoms with van der Waals surface area (Å²) in [6.07, 6.45) is 0. The summed E-state index contributed by atoms with van der Waals surface area (Å²) in [5, 5.41) is 5.06. The van der Waals surface area contributed by atoms with Crippen LogP contribution in [0.15, 0.2) is 52.6 Å². The summed E-state index contributed by atoms with van der Waals surface area (Å²) >= 11 is 1.51. The minimum atomic E-state index is -0.0677. The molecule has 0 amide bonds. The molecule has 1 N–H and O–H groups in total. The van der Waals surface area contributed by atoms with Gasteiger partial charge in [-0.1, -0.05) is 36.4 Å². The van der Waals surface area contributed by atoms with Gasteiger partial charge in [-0.3, -0.25) is 4.79 Å². The Labute approximate surface area is 124 Å². The maximum atomic E-state index is 12.2. The van der Waals surface area contributed by atoms with Gasteiger partial charge in [-0.15, -0.1) is 11.3 Å². The lowest BCUT2D eigenvalue weighted by Crippen LogP contribution is -2.08. The first-order valence-corrected chi connectivity index (χ1v) is 7.57. The molecule has 0 aliphatic rings. The third kappa shape index (κ3) is 1.96. The minimum absolute atomic E-state index is 0.0677. The van der Waals surface area contributed by atoms with E-state index in [0.717, 1.165) is 16.0 Å². The average Bonchev–Trinajstić information content (AvgIpc) is 2.90. The molecule has 0 atom stereocenters. The van der Waals surface area contributed by atoms with E-state index in [1.807, 2.05) is 17.5 Å². The van der Waals surface area contributed by atoms with Crippen LogP contribution in [0.2, 0.25) is 0 Å². The van der Waals surface area contributed by atoms with Crippen molar-refractivity contribution < 1.29 is 0 Å². The number of rotatable bonds is 1. The lowest BCUT2D eigenvalue weighted by atomic mass is 10.0. The molecular formula is C17H12N2OS. The normalized spacial score (nSPS) is 11.3. The molecule has 0 radical (unpaired) electrons. The van der Waals surface area contributed by atoms with Crippen molar-refractivity contribution in [3.63, 3.8) is 0 Å². The zero-order valence-corrected chi connectivity index (χ0v) is 12.2. The Hall–Kier alpha value is -2.46. The zero-order valence-electron chi connectivity index (χ0n) is 11.4. The SMILES string of the molecule is Cc1nc2scc(-c3ccc4ccccc4c3)c2c(=O)[nH]1. The largest absolute Gasteiger partial charge is 0.310 e. The highest BCUT2D eigenvalue weighted by atomic mass is 32.1. The van der Waals surface area contributed by atoms with Gasteiger partial charge in [-0.25, -0.2) is 4.98 Å². The molecule has 3 nitrogen and oxygen atoms in total. The Morgan fingerprint density at radius 1 is 1.10 bits per heavy atom. The summed E-state index contributed by atoms with van der Waals surface area (Å²) in [4.78, 5) is 20.2. The molecule has 0 saturated carbocycles. The molecule has 2 aromatic heterocycles. The van der Waals surface area contributed by atoms with Crippen LogP contribution in [0.25, 0.3) is 32.1 Å². The number of aromatic amines is 1. The van der Waals surface area contributed by atoms with Crippen molar-refractivity contribution in [1.29, 1.82) is 0 Å². The molecule has 0 saturated heterocycles. The quantitative estimate of drug-likeness (QED) is 0.574. The lowest BCUT2D eigenvalue weighted by Gasteiger charge is -2.03. The molecule has 4 aromatic rings. The number of aryl methyl sites for hydroxylation is 1. The second-order valence-electron chi connectivity index (χ2n) is 5.04. The first-order valence-electron chi connectivity index (χ1n) is 6.70. The summed E-state index contributed by atoms with van der Waals surface area (Å²) in [6, 6.07) is 14.5. The van der Waals surface area contributed by atoms with Crippen molar-refractivity contribution in [2.75, 3.05) is 0 Å². The monoisotopic (exact) mass is 292 g/mol. The molecule has 0 aliphatic heterocycles. The molecular weight excluding hydrogens is 280 g/mol. The van der Waals surface area contributed by atoms with E-state index in [2.05, 4.69) is 40.3 Å². The Morgan fingerprint density at radius 3 is 2.76 bits per heavy atom. The van der Waals surface area contributed by atoms with Gasteiger partial charge in [0.2, 0.25) is 0 Å². The first kappa shape index (κ1) is 12.3. The molecule has 0 unspecified atom stereocenters. The number of hydrogen-bond donors (Lipinski definition) is 1. The minimum Gasteiger partial charge on any atom is -0.310 e. The molecule has 2 heterocycles. The third-order valence-electron chi connectivity index (χ3n) is 3.62. The number of nitrogens with one attached hydrogen (secondary N) is 1. The Kier molecular flexibility index (Phi) is 2.65. The number of thiophene rings is 1. The van der Waals surface area contributed by atoms with E-state index >= 15 is 0 Å². The first-order chi connectivity index (χ1) is 10.2. The number of fused-ring (bicyclic) bond motifs is 2. The number of nitrogens with zero attached hydrogens (tertiary/aromatic N) is 1. The van der Waals surface area contributed by atoms with Crippen LogP contribution >= 0.6 is 11.3 Å². The summed E-state index contributed by atoms with van der Waals surface area (Å²) in [6.45, 7) is 1.80. The second-order valence-corrected chi connectivity index (χ2v) is 5.90. The van der Waals surface area contributed by atoms with Crippen molar-refractivity contribution >= 4 is 32.3 Å². The van der Waals surface area contributed by atoms with E-state index in [1.54, 1.807) is 6.92 Å². The van der Waals surface area contributed by atoms with Gasteiger partial charge in [-0.05, 0) is 29.3 Å². The molecule has 21 heavy (non-hydrogen) atoms. The highest BCUT2D eigenvalue weighted by molar-refractivity contribution is 7.17. The molecule has 2 aromatic carbocycles. The van der Waals surface area contributed by atoms with Crippen LogP contribution in [0.5, 0.6) is 0 Å². The molecule has 4 heteroatoms. The van der Waals surface area contributed by atoms with Crippen molar-refractivity contribution in [1.82, 2.24) is 9.97 Å². The number of benzene rings is 2.